The van der Waals surface area contributed by atoms with Crippen molar-refractivity contribution in [1.29, 1.82) is 0 Å². The molecule has 0 aliphatic heterocycles. The Balaban J connectivity index is 2.11. The van der Waals surface area contributed by atoms with E-state index in [-0.39, 0.29) is 24.9 Å². The standard InChI is InChI=1S/C13H14F6O3/c1-21-11(12(14,15)16,13(17,18)19)10(20)22-6-9-5-7-2-3-8(9)4-7/h2-3,7-9H,4-6H2,1H3. The predicted molar refractivity (Wildman–Crippen MR) is 61.7 cm³/mol. The lowest BCUT2D eigenvalue weighted by Crippen LogP contribution is -2.64. The molecule has 1 fully saturated rings. The number of carbonyl (C=O) groups is 1. The molecule has 126 valence electrons. The number of allylic oxidation sites excluding steroid dienone is 2. The van der Waals surface area contributed by atoms with Crippen molar-refractivity contribution >= 4 is 5.97 Å². The number of halogens is 6. The van der Waals surface area contributed by atoms with Crippen molar-refractivity contribution in [2.24, 2.45) is 17.8 Å². The second-order valence-corrected chi connectivity index (χ2v) is 5.52. The quantitative estimate of drug-likeness (QED) is 0.450. The maximum atomic E-state index is 12.8. The third-order valence-electron chi connectivity index (χ3n) is 4.24. The van der Waals surface area contributed by atoms with Gasteiger partial charge in [-0.1, -0.05) is 12.2 Å². The number of carbonyl (C=O) groups excluding carboxylic acids is 1. The number of hydrogen-bond donors (Lipinski definition) is 0. The fourth-order valence-corrected chi connectivity index (χ4v) is 3.08. The summed E-state index contributed by atoms with van der Waals surface area (Å²) < 4.78 is 84.8. The molecular formula is C13H14F6O3. The summed E-state index contributed by atoms with van der Waals surface area (Å²) >= 11 is 0. The molecular weight excluding hydrogens is 318 g/mol. The summed E-state index contributed by atoms with van der Waals surface area (Å²) in [5.41, 5.74) is -4.95. The van der Waals surface area contributed by atoms with E-state index in [4.69, 9.17) is 0 Å². The molecule has 3 atom stereocenters. The number of fused-ring (bicyclic) bond motifs is 2. The Hall–Kier alpha value is -1.25. The van der Waals surface area contributed by atoms with Crippen LogP contribution >= 0.6 is 0 Å². The zero-order valence-electron chi connectivity index (χ0n) is 11.5. The minimum atomic E-state index is -5.97. The second kappa shape index (κ2) is 5.43. The van der Waals surface area contributed by atoms with Crippen LogP contribution in [0.4, 0.5) is 26.3 Å². The molecule has 0 radical (unpaired) electrons. The van der Waals surface area contributed by atoms with E-state index >= 15 is 0 Å². The van der Waals surface area contributed by atoms with E-state index in [1.54, 1.807) is 0 Å². The molecule has 2 rings (SSSR count). The largest absolute Gasteiger partial charge is 0.463 e. The zero-order valence-corrected chi connectivity index (χ0v) is 11.5. The lowest BCUT2D eigenvalue weighted by molar-refractivity contribution is -0.363. The normalized spacial score (nSPS) is 28.2. The van der Waals surface area contributed by atoms with Crippen molar-refractivity contribution in [3.05, 3.63) is 12.2 Å². The van der Waals surface area contributed by atoms with Gasteiger partial charge in [-0.15, -0.1) is 0 Å². The van der Waals surface area contributed by atoms with Gasteiger partial charge in [0.1, 0.15) is 0 Å². The molecule has 9 heteroatoms. The number of methoxy groups -OCH3 is 1. The third kappa shape index (κ3) is 2.59. The molecule has 0 aromatic heterocycles. The molecule has 0 aromatic rings. The van der Waals surface area contributed by atoms with E-state index in [9.17, 15) is 31.1 Å². The topological polar surface area (TPSA) is 35.5 Å². The van der Waals surface area contributed by atoms with E-state index < -0.39 is 30.5 Å². The van der Waals surface area contributed by atoms with Crippen molar-refractivity contribution in [2.45, 2.75) is 30.8 Å². The van der Waals surface area contributed by atoms with E-state index in [1.165, 1.54) is 0 Å². The summed E-state index contributed by atoms with van der Waals surface area (Å²) in [4.78, 5) is 11.5. The molecule has 0 spiro atoms. The highest BCUT2D eigenvalue weighted by Gasteiger charge is 2.78. The Morgan fingerprint density at radius 3 is 2.05 bits per heavy atom. The zero-order chi connectivity index (χ0) is 16.8. The highest BCUT2D eigenvalue weighted by Crippen LogP contribution is 2.47. The minimum absolute atomic E-state index is 0.0338. The fourth-order valence-electron chi connectivity index (χ4n) is 3.08. The minimum Gasteiger partial charge on any atom is -0.463 e. The van der Waals surface area contributed by atoms with Gasteiger partial charge in [-0.05, 0) is 30.6 Å². The monoisotopic (exact) mass is 332 g/mol. The number of hydrogen-bond acceptors (Lipinski definition) is 3. The second-order valence-electron chi connectivity index (χ2n) is 5.52. The molecule has 1 saturated carbocycles. The van der Waals surface area contributed by atoms with Gasteiger partial charge in [0.05, 0.1) is 6.61 Å². The fraction of sp³-hybridized carbons (Fsp3) is 0.769. The number of ether oxygens (including phenoxy) is 2. The van der Waals surface area contributed by atoms with Gasteiger partial charge in [0.15, 0.2) is 0 Å². The Morgan fingerprint density at radius 2 is 1.68 bits per heavy atom. The number of esters is 1. The molecule has 0 N–H and O–H groups in total. The predicted octanol–water partition coefficient (Wildman–Crippen LogP) is 3.25. The average molecular weight is 332 g/mol. The highest BCUT2D eigenvalue weighted by atomic mass is 19.4. The average Bonchev–Trinajstić information content (AvgIpc) is 2.96. The first-order chi connectivity index (χ1) is 10.0. The van der Waals surface area contributed by atoms with Crippen molar-refractivity contribution in [3.8, 4) is 0 Å². The summed E-state index contributed by atoms with van der Waals surface area (Å²) in [6, 6.07) is 0. The SMILES string of the molecule is COC(C(=O)OCC1CC2C=CC1C2)(C(F)(F)F)C(F)(F)F. The van der Waals surface area contributed by atoms with Gasteiger partial charge in [0, 0.05) is 7.11 Å². The van der Waals surface area contributed by atoms with Gasteiger partial charge in [0.25, 0.3) is 0 Å². The lowest BCUT2D eigenvalue weighted by atomic mass is 9.94. The first-order valence-corrected chi connectivity index (χ1v) is 6.57. The smallest absolute Gasteiger partial charge is 0.437 e. The van der Waals surface area contributed by atoms with E-state index in [1.807, 2.05) is 12.2 Å². The van der Waals surface area contributed by atoms with Crippen molar-refractivity contribution in [1.82, 2.24) is 0 Å². The molecule has 2 aliphatic rings. The molecule has 3 nitrogen and oxygen atoms in total. The number of alkyl halides is 6. The van der Waals surface area contributed by atoms with Gasteiger partial charge in [0.2, 0.25) is 0 Å². The summed E-state index contributed by atoms with van der Waals surface area (Å²) in [5.74, 6) is -2.44. The van der Waals surface area contributed by atoms with Gasteiger partial charge in [-0.3, -0.25) is 0 Å². The van der Waals surface area contributed by atoms with Crippen LogP contribution in [0.2, 0.25) is 0 Å². The Bertz CT molecular complexity index is 453. The van der Waals surface area contributed by atoms with Crippen LogP contribution in [0.3, 0.4) is 0 Å². The molecule has 0 amide bonds. The van der Waals surface area contributed by atoms with Crippen molar-refractivity contribution in [2.75, 3.05) is 13.7 Å². The molecule has 2 bridgehead atoms. The molecule has 0 heterocycles. The van der Waals surface area contributed by atoms with Crippen LogP contribution in [0, 0.1) is 17.8 Å². The van der Waals surface area contributed by atoms with Gasteiger partial charge in [-0.25, -0.2) is 4.79 Å². The highest BCUT2D eigenvalue weighted by molar-refractivity contribution is 5.82. The van der Waals surface area contributed by atoms with Crippen LogP contribution in [-0.2, 0) is 14.3 Å². The molecule has 2 aliphatic carbocycles. The van der Waals surface area contributed by atoms with Gasteiger partial charge in [-0.2, -0.15) is 26.3 Å². The first-order valence-electron chi connectivity index (χ1n) is 6.57. The molecule has 3 unspecified atom stereocenters. The van der Waals surface area contributed by atoms with Gasteiger partial charge >= 0.3 is 23.9 Å². The Labute approximate surface area is 122 Å². The summed E-state index contributed by atoms with van der Waals surface area (Å²) in [6.45, 7) is -0.485. The third-order valence-corrected chi connectivity index (χ3v) is 4.24. The summed E-state index contributed by atoms with van der Waals surface area (Å²) in [5, 5.41) is 0. The Kier molecular flexibility index (Phi) is 4.23. The van der Waals surface area contributed by atoms with Crippen LogP contribution in [0.15, 0.2) is 12.2 Å². The van der Waals surface area contributed by atoms with Crippen LogP contribution in [-0.4, -0.2) is 37.6 Å². The lowest BCUT2D eigenvalue weighted by Gasteiger charge is -2.33. The molecule has 22 heavy (non-hydrogen) atoms. The number of rotatable bonds is 4. The van der Waals surface area contributed by atoms with Crippen LogP contribution in [0.5, 0.6) is 0 Å². The van der Waals surface area contributed by atoms with Gasteiger partial charge < -0.3 is 9.47 Å². The van der Waals surface area contributed by atoms with Crippen LogP contribution in [0.1, 0.15) is 12.8 Å². The first kappa shape index (κ1) is 17.1. The summed E-state index contributed by atoms with van der Waals surface area (Å²) in [6.07, 6.45) is -6.75. The van der Waals surface area contributed by atoms with E-state index in [0.29, 0.717) is 6.42 Å². The Morgan fingerprint density at radius 1 is 1.09 bits per heavy atom. The van der Waals surface area contributed by atoms with Crippen molar-refractivity contribution in [3.63, 3.8) is 0 Å². The summed E-state index contributed by atoms with van der Waals surface area (Å²) in [7, 11) is 0.183. The maximum absolute atomic E-state index is 12.8. The molecule has 0 saturated heterocycles. The molecule has 0 aromatic carbocycles. The van der Waals surface area contributed by atoms with Crippen LogP contribution < -0.4 is 0 Å². The van der Waals surface area contributed by atoms with Crippen molar-refractivity contribution < 1.29 is 40.6 Å². The van der Waals surface area contributed by atoms with E-state index in [0.717, 1.165) is 6.42 Å². The maximum Gasteiger partial charge on any atom is 0.437 e. The van der Waals surface area contributed by atoms with E-state index in [2.05, 4.69) is 9.47 Å². The van der Waals surface area contributed by atoms with Crippen LogP contribution in [0.25, 0.3) is 0 Å².